The molecule has 0 spiro atoms. The summed E-state index contributed by atoms with van der Waals surface area (Å²) in [4.78, 5) is 23.8. The van der Waals surface area contributed by atoms with E-state index < -0.39 is 17.7 Å². The van der Waals surface area contributed by atoms with Crippen LogP contribution in [0.1, 0.15) is 11.5 Å². The highest BCUT2D eigenvalue weighted by atomic mass is 16.2. The van der Waals surface area contributed by atoms with E-state index >= 15 is 0 Å². The van der Waals surface area contributed by atoms with E-state index in [1.54, 1.807) is 30.3 Å². The zero-order chi connectivity index (χ0) is 12.8. The minimum atomic E-state index is -0.902. The molecular weight excluding hydrogens is 218 g/mol. The molecule has 2 N–H and O–H groups in total. The van der Waals surface area contributed by atoms with Crippen molar-refractivity contribution in [3.63, 3.8) is 0 Å². The molecule has 17 heavy (non-hydrogen) atoms. The van der Waals surface area contributed by atoms with Gasteiger partial charge in [0.2, 0.25) is 11.8 Å². The number of nitrogens with zero attached hydrogens (tertiary/aromatic N) is 2. The summed E-state index contributed by atoms with van der Waals surface area (Å²) in [6, 6.07) is 10.6. The first kappa shape index (κ1) is 12.7. The Morgan fingerprint density at radius 3 is 2.47 bits per heavy atom. The standard InChI is InChI=1S/C12H13N3O2/c1-15(8-11(14)16)12(17)10(7-13)9-5-3-2-4-6-9/h2-6,10H,8H2,1H3,(H2,14,16). The molecule has 1 atom stereocenters. The van der Waals surface area contributed by atoms with Crippen LogP contribution in [-0.4, -0.2) is 30.3 Å². The van der Waals surface area contributed by atoms with E-state index in [2.05, 4.69) is 0 Å². The number of carbonyl (C=O) groups is 2. The Bertz CT molecular complexity index is 451. The number of benzene rings is 1. The fraction of sp³-hybridized carbons (Fsp3) is 0.250. The molecule has 0 saturated heterocycles. The molecule has 0 aliphatic heterocycles. The van der Waals surface area contributed by atoms with Crippen LogP contribution in [0.4, 0.5) is 0 Å². The quantitative estimate of drug-likeness (QED) is 0.805. The molecule has 88 valence electrons. The first-order valence-corrected chi connectivity index (χ1v) is 5.04. The molecule has 0 saturated carbocycles. The van der Waals surface area contributed by atoms with Crippen LogP contribution in [0, 0.1) is 11.3 Å². The molecule has 0 heterocycles. The van der Waals surface area contributed by atoms with Gasteiger partial charge in [-0.05, 0) is 5.56 Å². The number of hydrogen-bond donors (Lipinski definition) is 1. The lowest BCUT2D eigenvalue weighted by Gasteiger charge is -2.18. The van der Waals surface area contributed by atoms with Crippen molar-refractivity contribution in [2.24, 2.45) is 5.73 Å². The van der Waals surface area contributed by atoms with Crippen LogP contribution >= 0.6 is 0 Å². The Morgan fingerprint density at radius 2 is 2.00 bits per heavy atom. The Kier molecular flexibility index (Phi) is 4.23. The van der Waals surface area contributed by atoms with Gasteiger partial charge in [-0.2, -0.15) is 5.26 Å². The molecule has 5 nitrogen and oxygen atoms in total. The fourth-order valence-corrected chi connectivity index (χ4v) is 1.45. The molecule has 1 rings (SSSR count). The van der Waals surface area contributed by atoms with E-state index in [1.807, 2.05) is 6.07 Å². The molecule has 0 bridgehead atoms. The van der Waals surface area contributed by atoms with Gasteiger partial charge in [-0.3, -0.25) is 9.59 Å². The zero-order valence-corrected chi connectivity index (χ0v) is 9.46. The van der Waals surface area contributed by atoms with E-state index in [-0.39, 0.29) is 6.54 Å². The summed E-state index contributed by atoms with van der Waals surface area (Å²) in [7, 11) is 1.44. The van der Waals surface area contributed by atoms with Crippen molar-refractivity contribution in [3.05, 3.63) is 35.9 Å². The predicted octanol–water partition coefficient (Wildman–Crippen LogP) is 0.237. The van der Waals surface area contributed by atoms with Crippen molar-refractivity contribution in [2.75, 3.05) is 13.6 Å². The van der Waals surface area contributed by atoms with Crippen LogP contribution in [0.3, 0.4) is 0 Å². The summed E-state index contributed by atoms with van der Waals surface area (Å²) in [6.45, 7) is -0.191. The van der Waals surface area contributed by atoms with E-state index in [1.165, 1.54) is 7.05 Å². The minimum absolute atomic E-state index is 0.191. The van der Waals surface area contributed by atoms with Gasteiger partial charge < -0.3 is 10.6 Å². The lowest BCUT2D eigenvalue weighted by Crippen LogP contribution is -2.37. The third-order valence-electron chi connectivity index (χ3n) is 2.28. The Hall–Kier alpha value is -2.35. The molecule has 2 amide bonds. The van der Waals surface area contributed by atoms with Gasteiger partial charge in [0.25, 0.3) is 0 Å². The molecular formula is C12H13N3O2. The summed E-state index contributed by atoms with van der Waals surface area (Å²) in [5, 5.41) is 9.02. The Labute approximate surface area is 99.4 Å². The van der Waals surface area contributed by atoms with Crippen molar-refractivity contribution in [2.45, 2.75) is 5.92 Å². The van der Waals surface area contributed by atoms with E-state index in [0.717, 1.165) is 4.90 Å². The van der Waals surface area contributed by atoms with Gasteiger partial charge in [0.05, 0.1) is 12.6 Å². The number of amides is 2. The molecule has 0 aromatic heterocycles. The minimum Gasteiger partial charge on any atom is -0.368 e. The smallest absolute Gasteiger partial charge is 0.244 e. The van der Waals surface area contributed by atoms with E-state index in [4.69, 9.17) is 11.0 Å². The normalized spacial score (nSPS) is 11.3. The van der Waals surface area contributed by atoms with Crippen LogP contribution in [0.15, 0.2) is 30.3 Å². The highest BCUT2D eigenvalue weighted by Gasteiger charge is 2.24. The second kappa shape index (κ2) is 5.66. The predicted molar refractivity (Wildman–Crippen MR) is 61.6 cm³/mol. The van der Waals surface area contributed by atoms with Gasteiger partial charge in [0.15, 0.2) is 0 Å². The van der Waals surface area contributed by atoms with Crippen LogP contribution in [0.5, 0.6) is 0 Å². The van der Waals surface area contributed by atoms with Gasteiger partial charge in [-0.1, -0.05) is 30.3 Å². The molecule has 1 aromatic rings. The van der Waals surface area contributed by atoms with Gasteiger partial charge in [-0.25, -0.2) is 0 Å². The zero-order valence-electron chi connectivity index (χ0n) is 9.46. The highest BCUT2D eigenvalue weighted by molar-refractivity contribution is 5.89. The summed E-state index contributed by atoms with van der Waals surface area (Å²) in [5.74, 6) is -1.94. The van der Waals surface area contributed by atoms with Crippen molar-refractivity contribution in [3.8, 4) is 6.07 Å². The van der Waals surface area contributed by atoms with Gasteiger partial charge in [0, 0.05) is 7.05 Å². The monoisotopic (exact) mass is 231 g/mol. The van der Waals surface area contributed by atoms with Crippen LogP contribution < -0.4 is 5.73 Å². The molecule has 1 unspecified atom stereocenters. The van der Waals surface area contributed by atoms with Crippen molar-refractivity contribution in [1.82, 2.24) is 4.90 Å². The number of carbonyl (C=O) groups excluding carboxylic acids is 2. The number of nitriles is 1. The Balaban J connectivity index is 2.86. The molecule has 0 fully saturated rings. The third-order valence-corrected chi connectivity index (χ3v) is 2.28. The maximum atomic E-state index is 11.9. The van der Waals surface area contributed by atoms with Crippen molar-refractivity contribution >= 4 is 11.8 Å². The molecule has 5 heteroatoms. The number of rotatable bonds is 4. The first-order chi connectivity index (χ1) is 8.06. The fourth-order valence-electron chi connectivity index (χ4n) is 1.45. The molecule has 0 radical (unpaired) electrons. The first-order valence-electron chi connectivity index (χ1n) is 5.04. The van der Waals surface area contributed by atoms with Gasteiger partial charge in [0.1, 0.15) is 5.92 Å². The molecule has 0 aliphatic carbocycles. The maximum Gasteiger partial charge on any atom is 0.244 e. The van der Waals surface area contributed by atoms with Crippen LogP contribution in [0.2, 0.25) is 0 Å². The second-order valence-corrected chi connectivity index (χ2v) is 3.63. The SMILES string of the molecule is CN(CC(N)=O)C(=O)C(C#N)c1ccccc1. The average molecular weight is 231 g/mol. The van der Waals surface area contributed by atoms with Crippen molar-refractivity contribution < 1.29 is 9.59 Å². The summed E-state index contributed by atoms with van der Waals surface area (Å²) in [6.07, 6.45) is 0. The number of likely N-dealkylation sites (N-methyl/N-ethyl adjacent to an activating group) is 1. The second-order valence-electron chi connectivity index (χ2n) is 3.63. The van der Waals surface area contributed by atoms with Crippen LogP contribution in [-0.2, 0) is 9.59 Å². The van der Waals surface area contributed by atoms with Crippen LogP contribution in [0.25, 0.3) is 0 Å². The Morgan fingerprint density at radius 1 is 1.41 bits per heavy atom. The summed E-state index contributed by atoms with van der Waals surface area (Å²) in [5.41, 5.74) is 5.60. The largest absolute Gasteiger partial charge is 0.368 e. The summed E-state index contributed by atoms with van der Waals surface area (Å²) < 4.78 is 0. The van der Waals surface area contributed by atoms with E-state index in [0.29, 0.717) is 5.56 Å². The third kappa shape index (κ3) is 3.31. The number of primary amides is 1. The van der Waals surface area contributed by atoms with Crippen molar-refractivity contribution in [1.29, 1.82) is 5.26 Å². The lowest BCUT2D eigenvalue weighted by molar-refractivity contribution is -0.134. The van der Waals surface area contributed by atoms with Gasteiger partial charge in [-0.15, -0.1) is 0 Å². The topological polar surface area (TPSA) is 87.2 Å². The number of nitrogens with two attached hydrogens (primary N) is 1. The van der Waals surface area contributed by atoms with E-state index in [9.17, 15) is 9.59 Å². The number of hydrogen-bond acceptors (Lipinski definition) is 3. The molecule has 0 aliphatic rings. The maximum absolute atomic E-state index is 11.9. The molecule has 1 aromatic carbocycles. The van der Waals surface area contributed by atoms with Gasteiger partial charge >= 0.3 is 0 Å². The summed E-state index contributed by atoms with van der Waals surface area (Å²) >= 11 is 0. The highest BCUT2D eigenvalue weighted by Crippen LogP contribution is 2.16. The lowest BCUT2D eigenvalue weighted by atomic mass is 9.99. The average Bonchev–Trinajstić information content (AvgIpc) is 2.30.